The van der Waals surface area contributed by atoms with E-state index in [4.69, 9.17) is 4.74 Å². The Labute approximate surface area is 134 Å². The summed E-state index contributed by atoms with van der Waals surface area (Å²) in [6.45, 7) is 0. The molecule has 0 unspecified atom stereocenters. The minimum Gasteiger partial charge on any atom is -0.618 e. The highest BCUT2D eigenvalue weighted by Gasteiger charge is 2.38. The molecule has 0 saturated carbocycles. The minimum atomic E-state index is -4.88. The SMILES string of the molecule is COc1ccc(C2=[N+]([O-])c3cc(OC(F)(F)F)ccc3C2=O)cc1. The van der Waals surface area contributed by atoms with Gasteiger partial charge >= 0.3 is 6.36 Å². The van der Waals surface area contributed by atoms with Gasteiger partial charge in [-0.05, 0) is 36.4 Å². The zero-order valence-corrected chi connectivity index (χ0v) is 12.3. The van der Waals surface area contributed by atoms with Crippen LogP contribution < -0.4 is 9.47 Å². The number of hydrogen-bond acceptors (Lipinski definition) is 4. The molecule has 0 atom stereocenters. The number of carbonyl (C=O) groups excluding carboxylic acids is 1. The van der Waals surface area contributed by atoms with Crippen molar-refractivity contribution in [1.82, 2.24) is 0 Å². The lowest BCUT2D eigenvalue weighted by Crippen LogP contribution is -2.17. The first-order valence-electron chi connectivity index (χ1n) is 6.73. The van der Waals surface area contributed by atoms with Crippen LogP contribution in [0.1, 0.15) is 15.9 Å². The second-order valence-corrected chi connectivity index (χ2v) is 4.93. The van der Waals surface area contributed by atoms with Gasteiger partial charge in [0.2, 0.25) is 5.69 Å². The molecule has 8 heteroatoms. The Morgan fingerprint density at radius 3 is 2.25 bits per heavy atom. The molecule has 1 aliphatic rings. The Morgan fingerprint density at radius 1 is 1.04 bits per heavy atom. The molecule has 0 aliphatic carbocycles. The lowest BCUT2D eigenvalue weighted by molar-refractivity contribution is -0.355. The van der Waals surface area contributed by atoms with Gasteiger partial charge in [0.1, 0.15) is 17.1 Å². The third-order valence-electron chi connectivity index (χ3n) is 3.45. The molecule has 0 radical (unpaired) electrons. The molecule has 3 rings (SSSR count). The van der Waals surface area contributed by atoms with Gasteiger partial charge in [0, 0.05) is 0 Å². The smallest absolute Gasteiger partial charge is 0.573 e. The van der Waals surface area contributed by atoms with Gasteiger partial charge in [-0.25, -0.2) is 0 Å². The van der Waals surface area contributed by atoms with Gasteiger partial charge in [0.05, 0.1) is 18.7 Å². The molecule has 2 aromatic rings. The van der Waals surface area contributed by atoms with Gasteiger partial charge in [0.25, 0.3) is 11.5 Å². The monoisotopic (exact) mass is 337 g/mol. The van der Waals surface area contributed by atoms with Crippen molar-refractivity contribution in [3.63, 3.8) is 0 Å². The number of benzene rings is 2. The fourth-order valence-electron chi connectivity index (χ4n) is 2.41. The van der Waals surface area contributed by atoms with Gasteiger partial charge in [0.15, 0.2) is 0 Å². The largest absolute Gasteiger partial charge is 0.618 e. The average Bonchev–Trinajstić information content (AvgIpc) is 2.77. The van der Waals surface area contributed by atoms with E-state index in [1.54, 1.807) is 12.1 Å². The molecule has 124 valence electrons. The fraction of sp³-hybridized carbons (Fsp3) is 0.125. The Balaban J connectivity index is 2.02. The number of ether oxygens (including phenoxy) is 2. The molecule has 2 aromatic carbocycles. The van der Waals surface area contributed by atoms with E-state index in [1.807, 2.05) is 0 Å². The summed E-state index contributed by atoms with van der Waals surface area (Å²) in [5.41, 5.74) is 0.0000112. The molecule has 1 heterocycles. The Hall–Kier alpha value is -3.03. The lowest BCUT2D eigenvalue weighted by Gasteiger charge is -2.09. The fourth-order valence-corrected chi connectivity index (χ4v) is 2.41. The zero-order valence-electron chi connectivity index (χ0n) is 12.3. The van der Waals surface area contributed by atoms with Crippen molar-refractivity contribution >= 4 is 17.2 Å². The molecular weight excluding hydrogens is 327 g/mol. The first-order chi connectivity index (χ1) is 11.3. The van der Waals surface area contributed by atoms with Crippen molar-refractivity contribution in [2.75, 3.05) is 7.11 Å². The summed E-state index contributed by atoms with van der Waals surface area (Å²) in [6.07, 6.45) is -4.88. The van der Waals surface area contributed by atoms with Crippen LogP contribution in [0.4, 0.5) is 18.9 Å². The van der Waals surface area contributed by atoms with E-state index in [-0.39, 0.29) is 17.0 Å². The number of rotatable bonds is 3. The predicted molar refractivity (Wildman–Crippen MR) is 77.8 cm³/mol. The number of Topliss-reactive ketones (excluding diaryl/α,β-unsaturated/α-hetero) is 1. The van der Waals surface area contributed by atoms with Crippen LogP contribution in [0, 0.1) is 5.21 Å². The van der Waals surface area contributed by atoms with Crippen molar-refractivity contribution in [3.8, 4) is 11.5 Å². The van der Waals surface area contributed by atoms with Crippen LogP contribution in [-0.4, -0.2) is 29.7 Å². The number of carbonyl (C=O) groups is 1. The number of nitrogens with zero attached hydrogens (tertiary/aromatic N) is 1. The maximum atomic E-state index is 12.4. The highest BCUT2D eigenvalue weighted by Crippen LogP contribution is 2.33. The number of ketones is 1. The molecular formula is C16H10F3NO4. The van der Waals surface area contributed by atoms with Gasteiger partial charge in [-0.2, -0.15) is 4.74 Å². The standard InChI is InChI=1S/C16H10F3NO4/c1-23-10-4-2-9(3-5-10)14-15(21)12-7-6-11(24-16(17,18)19)8-13(12)20(14)22/h2-8H,1H3. The summed E-state index contributed by atoms with van der Waals surface area (Å²) in [6, 6.07) is 9.22. The van der Waals surface area contributed by atoms with E-state index >= 15 is 0 Å². The third-order valence-corrected chi connectivity index (χ3v) is 3.45. The molecule has 5 nitrogen and oxygen atoms in total. The van der Waals surface area contributed by atoms with E-state index in [1.165, 1.54) is 19.2 Å². The number of halogens is 3. The van der Waals surface area contributed by atoms with Crippen LogP contribution >= 0.6 is 0 Å². The van der Waals surface area contributed by atoms with E-state index in [0.717, 1.165) is 18.2 Å². The van der Waals surface area contributed by atoms with Gasteiger partial charge < -0.3 is 14.7 Å². The Bertz CT molecular complexity index is 841. The number of methoxy groups -OCH3 is 1. The van der Waals surface area contributed by atoms with Crippen molar-refractivity contribution < 1.29 is 32.2 Å². The van der Waals surface area contributed by atoms with Gasteiger partial charge in [-0.1, -0.05) is 0 Å². The highest BCUT2D eigenvalue weighted by atomic mass is 19.4. The maximum Gasteiger partial charge on any atom is 0.573 e. The summed E-state index contributed by atoms with van der Waals surface area (Å²) in [5, 5.41) is 12.4. The van der Waals surface area contributed by atoms with Crippen molar-refractivity contribution in [3.05, 3.63) is 58.8 Å². The molecule has 24 heavy (non-hydrogen) atoms. The molecule has 0 spiro atoms. The van der Waals surface area contributed by atoms with Crippen LogP contribution in [0.3, 0.4) is 0 Å². The molecule has 1 aliphatic heterocycles. The quantitative estimate of drug-likeness (QED) is 0.636. The molecule has 0 aromatic heterocycles. The van der Waals surface area contributed by atoms with Crippen LogP contribution in [0.2, 0.25) is 0 Å². The Kier molecular flexibility index (Phi) is 3.67. The summed E-state index contributed by atoms with van der Waals surface area (Å²) in [4.78, 5) is 12.4. The maximum absolute atomic E-state index is 12.4. The van der Waals surface area contributed by atoms with Crippen LogP contribution in [0.15, 0.2) is 42.5 Å². The normalized spacial score (nSPS) is 13.9. The van der Waals surface area contributed by atoms with Crippen molar-refractivity contribution in [1.29, 1.82) is 0 Å². The minimum absolute atomic E-state index is 0.0188. The van der Waals surface area contributed by atoms with Crippen LogP contribution in [0.25, 0.3) is 0 Å². The lowest BCUT2D eigenvalue weighted by atomic mass is 10.0. The predicted octanol–water partition coefficient (Wildman–Crippen LogP) is 3.42. The van der Waals surface area contributed by atoms with Crippen molar-refractivity contribution in [2.45, 2.75) is 6.36 Å². The van der Waals surface area contributed by atoms with Gasteiger partial charge in [-0.15, -0.1) is 13.2 Å². The number of alkyl halides is 3. The van der Waals surface area contributed by atoms with E-state index in [9.17, 15) is 23.2 Å². The summed E-state index contributed by atoms with van der Waals surface area (Å²) >= 11 is 0. The third kappa shape index (κ3) is 2.78. The first-order valence-corrected chi connectivity index (χ1v) is 6.73. The van der Waals surface area contributed by atoms with E-state index in [0.29, 0.717) is 16.1 Å². The van der Waals surface area contributed by atoms with Crippen molar-refractivity contribution in [2.24, 2.45) is 0 Å². The highest BCUT2D eigenvalue weighted by molar-refractivity contribution is 6.52. The molecule has 0 bridgehead atoms. The second-order valence-electron chi connectivity index (χ2n) is 4.93. The molecule has 0 saturated heterocycles. The topological polar surface area (TPSA) is 61.6 Å². The molecule has 0 fully saturated rings. The zero-order chi connectivity index (χ0) is 17.5. The number of fused-ring (bicyclic) bond motifs is 1. The molecule has 0 N–H and O–H groups in total. The summed E-state index contributed by atoms with van der Waals surface area (Å²) in [5.74, 6) is -0.588. The van der Waals surface area contributed by atoms with Crippen LogP contribution in [0.5, 0.6) is 11.5 Å². The summed E-state index contributed by atoms with van der Waals surface area (Å²) < 4.78 is 45.9. The van der Waals surface area contributed by atoms with Gasteiger partial charge in [-0.3, -0.25) is 4.79 Å². The molecule has 0 amide bonds. The van der Waals surface area contributed by atoms with Crippen LogP contribution in [-0.2, 0) is 0 Å². The average molecular weight is 337 g/mol. The second kappa shape index (κ2) is 5.55. The summed E-state index contributed by atoms with van der Waals surface area (Å²) in [7, 11) is 1.47. The number of hydrogen-bond donors (Lipinski definition) is 0. The first kappa shape index (κ1) is 15.9. The van der Waals surface area contributed by atoms with E-state index < -0.39 is 17.9 Å². The van der Waals surface area contributed by atoms with E-state index in [2.05, 4.69) is 4.74 Å². The Morgan fingerprint density at radius 2 is 1.67 bits per heavy atom.